The van der Waals surface area contributed by atoms with E-state index >= 15 is 0 Å². The van der Waals surface area contributed by atoms with Crippen LogP contribution in [-0.4, -0.2) is 39.7 Å². The van der Waals surface area contributed by atoms with Crippen LogP contribution in [0.2, 0.25) is 0 Å². The lowest BCUT2D eigenvalue weighted by Crippen LogP contribution is -2.44. The largest absolute Gasteiger partial charge is 0.357 e. The normalized spacial score (nSPS) is 13.0. The summed E-state index contributed by atoms with van der Waals surface area (Å²) in [5.74, 6) is 2.45. The van der Waals surface area contributed by atoms with E-state index in [0.29, 0.717) is 12.0 Å². The average molecular weight is 444 g/mol. The maximum absolute atomic E-state index is 4.65. The number of halogens is 1. The molecule has 0 aliphatic heterocycles. The van der Waals surface area contributed by atoms with E-state index in [9.17, 15) is 0 Å². The number of rotatable bonds is 7. The van der Waals surface area contributed by atoms with Crippen molar-refractivity contribution in [3.05, 3.63) is 30.2 Å². The molecule has 2 rings (SSSR count). The highest BCUT2D eigenvalue weighted by Crippen LogP contribution is 2.05. The third-order valence-electron chi connectivity index (χ3n) is 3.92. The Balaban J connectivity index is 0.00000288. The van der Waals surface area contributed by atoms with E-state index in [2.05, 4.69) is 53.5 Å². The van der Waals surface area contributed by atoms with Crippen LogP contribution in [0.4, 0.5) is 0 Å². The fourth-order valence-electron chi connectivity index (χ4n) is 2.19. The molecule has 0 saturated heterocycles. The van der Waals surface area contributed by atoms with Gasteiger partial charge in [0.15, 0.2) is 11.6 Å². The van der Waals surface area contributed by atoms with Crippen molar-refractivity contribution in [2.24, 2.45) is 10.9 Å². The Morgan fingerprint density at radius 1 is 1.25 bits per heavy atom. The molecule has 2 aromatic rings. The van der Waals surface area contributed by atoms with Gasteiger partial charge in [-0.15, -0.1) is 34.2 Å². The highest BCUT2D eigenvalue weighted by molar-refractivity contribution is 14.0. The van der Waals surface area contributed by atoms with Crippen molar-refractivity contribution in [2.45, 2.75) is 46.6 Å². The molecule has 7 heteroatoms. The molecule has 0 aliphatic rings. The maximum atomic E-state index is 4.65. The van der Waals surface area contributed by atoms with Crippen molar-refractivity contribution in [3.8, 4) is 0 Å². The van der Waals surface area contributed by atoms with E-state index in [1.54, 1.807) is 0 Å². The summed E-state index contributed by atoms with van der Waals surface area (Å²) in [5.41, 5.74) is 0.895. The Hall–Kier alpha value is -1.38. The molecule has 1 unspecified atom stereocenters. The van der Waals surface area contributed by atoms with Crippen LogP contribution < -0.4 is 10.6 Å². The molecule has 2 heterocycles. The number of aryl methyl sites for hydroxylation is 1. The summed E-state index contributed by atoms with van der Waals surface area (Å²) in [5, 5.41) is 15.2. The Morgan fingerprint density at radius 3 is 2.75 bits per heavy atom. The third kappa shape index (κ3) is 5.92. The first kappa shape index (κ1) is 20.7. The first-order chi connectivity index (χ1) is 11.1. The fourth-order valence-corrected chi connectivity index (χ4v) is 2.19. The van der Waals surface area contributed by atoms with Gasteiger partial charge in [-0.25, -0.2) is 0 Å². The van der Waals surface area contributed by atoms with Crippen molar-refractivity contribution < 1.29 is 0 Å². The van der Waals surface area contributed by atoms with Gasteiger partial charge >= 0.3 is 0 Å². The van der Waals surface area contributed by atoms with Crippen LogP contribution in [0.25, 0.3) is 5.65 Å². The Morgan fingerprint density at radius 2 is 2.04 bits per heavy atom. The number of pyridine rings is 1. The summed E-state index contributed by atoms with van der Waals surface area (Å²) in [6, 6.07) is 6.34. The molecule has 0 aliphatic carbocycles. The van der Waals surface area contributed by atoms with Crippen LogP contribution in [0.3, 0.4) is 0 Å². The quantitative estimate of drug-likeness (QED) is 0.298. The number of guanidine groups is 1. The predicted molar refractivity (Wildman–Crippen MR) is 110 cm³/mol. The average Bonchev–Trinajstić information content (AvgIpc) is 2.94. The van der Waals surface area contributed by atoms with E-state index in [-0.39, 0.29) is 24.0 Å². The SMILES string of the molecule is CCNC(=NCCCc1nnc2ccccn12)NC(C)C(C)C.I. The van der Waals surface area contributed by atoms with Crippen LogP contribution in [0.1, 0.15) is 39.9 Å². The summed E-state index contributed by atoms with van der Waals surface area (Å²) < 4.78 is 2.04. The van der Waals surface area contributed by atoms with Gasteiger partial charge in [0.1, 0.15) is 5.82 Å². The van der Waals surface area contributed by atoms with Gasteiger partial charge < -0.3 is 10.6 Å². The monoisotopic (exact) mass is 444 g/mol. The van der Waals surface area contributed by atoms with Crippen molar-refractivity contribution in [3.63, 3.8) is 0 Å². The van der Waals surface area contributed by atoms with Crippen LogP contribution in [-0.2, 0) is 6.42 Å². The van der Waals surface area contributed by atoms with E-state index in [1.807, 2.05) is 28.8 Å². The molecule has 0 aromatic carbocycles. The van der Waals surface area contributed by atoms with Gasteiger partial charge in [0, 0.05) is 31.7 Å². The standard InChI is InChI=1S/C17H28N6.HI/c1-5-18-17(20-14(4)13(2)3)19-11-8-10-16-22-21-15-9-6-7-12-23(15)16;/h6-7,9,12-14H,5,8,10-11H2,1-4H3,(H2,18,19,20);1H. The van der Waals surface area contributed by atoms with Gasteiger partial charge in [-0.1, -0.05) is 19.9 Å². The topological polar surface area (TPSA) is 66.6 Å². The lowest BCUT2D eigenvalue weighted by Gasteiger charge is -2.20. The lowest BCUT2D eigenvalue weighted by atomic mass is 10.1. The first-order valence-corrected chi connectivity index (χ1v) is 8.45. The van der Waals surface area contributed by atoms with Crippen molar-refractivity contribution in [2.75, 3.05) is 13.1 Å². The minimum atomic E-state index is 0. The summed E-state index contributed by atoms with van der Waals surface area (Å²) >= 11 is 0. The molecule has 134 valence electrons. The summed E-state index contributed by atoms with van der Waals surface area (Å²) in [6.07, 6.45) is 3.82. The molecular formula is C17H29IN6. The summed E-state index contributed by atoms with van der Waals surface area (Å²) in [6.45, 7) is 10.3. The molecule has 6 nitrogen and oxygen atoms in total. The predicted octanol–water partition coefficient (Wildman–Crippen LogP) is 2.88. The van der Waals surface area contributed by atoms with Gasteiger partial charge in [-0.2, -0.15) is 0 Å². The Labute approximate surface area is 161 Å². The number of fused-ring (bicyclic) bond motifs is 1. The zero-order valence-electron chi connectivity index (χ0n) is 15.0. The minimum absolute atomic E-state index is 0. The van der Waals surface area contributed by atoms with Crippen LogP contribution >= 0.6 is 24.0 Å². The molecule has 0 fully saturated rings. The molecule has 1 atom stereocenters. The zero-order valence-corrected chi connectivity index (χ0v) is 17.3. The van der Waals surface area contributed by atoms with Crippen molar-refractivity contribution in [1.29, 1.82) is 0 Å². The second-order valence-electron chi connectivity index (χ2n) is 6.09. The van der Waals surface area contributed by atoms with Gasteiger partial charge in [0.25, 0.3) is 0 Å². The Kier molecular flexibility index (Phi) is 9.02. The fraction of sp³-hybridized carbons (Fsp3) is 0.588. The molecule has 2 N–H and O–H groups in total. The molecule has 0 bridgehead atoms. The second-order valence-corrected chi connectivity index (χ2v) is 6.09. The number of hydrogen-bond donors (Lipinski definition) is 2. The smallest absolute Gasteiger partial charge is 0.191 e. The molecular weight excluding hydrogens is 415 g/mol. The van der Waals surface area contributed by atoms with Crippen molar-refractivity contribution >= 4 is 35.6 Å². The Bertz CT molecular complexity index is 637. The number of nitrogens with zero attached hydrogens (tertiary/aromatic N) is 4. The summed E-state index contributed by atoms with van der Waals surface area (Å²) in [4.78, 5) is 4.65. The molecule has 0 spiro atoms. The number of aliphatic imine (C=N–C) groups is 1. The number of aromatic nitrogens is 3. The van der Waals surface area contributed by atoms with Crippen LogP contribution in [0.15, 0.2) is 29.4 Å². The van der Waals surface area contributed by atoms with E-state index < -0.39 is 0 Å². The second kappa shape index (κ2) is 10.5. The number of nitrogens with one attached hydrogen (secondary N) is 2. The van der Waals surface area contributed by atoms with E-state index in [4.69, 9.17) is 0 Å². The lowest BCUT2D eigenvalue weighted by molar-refractivity contribution is 0.481. The first-order valence-electron chi connectivity index (χ1n) is 8.45. The number of hydrogen-bond acceptors (Lipinski definition) is 3. The van der Waals surface area contributed by atoms with Crippen molar-refractivity contribution in [1.82, 2.24) is 25.2 Å². The van der Waals surface area contributed by atoms with Gasteiger partial charge in [0.2, 0.25) is 0 Å². The summed E-state index contributed by atoms with van der Waals surface area (Å²) in [7, 11) is 0. The molecule has 0 radical (unpaired) electrons. The third-order valence-corrected chi connectivity index (χ3v) is 3.92. The van der Waals surface area contributed by atoms with Gasteiger partial charge in [-0.3, -0.25) is 9.39 Å². The van der Waals surface area contributed by atoms with E-state index in [1.165, 1.54) is 0 Å². The molecule has 0 saturated carbocycles. The molecule has 24 heavy (non-hydrogen) atoms. The molecule has 2 aromatic heterocycles. The minimum Gasteiger partial charge on any atom is -0.357 e. The molecule has 0 amide bonds. The highest BCUT2D eigenvalue weighted by atomic mass is 127. The zero-order chi connectivity index (χ0) is 16.7. The van der Waals surface area contributed by atoms with Crippen LogP contribution in [0.5, 0.6) is 0 Å². The maximum Gasteiger partial charge on any atom is 0.191 e. The highest BCUT2D eigenvalue weighted by Gasteiger charge is 2.09. The van der Waals surface area contributed by atoms with Gasteiger partial charge in [0.05, 0.1) is 0 Å². The van der Waals surface area contributed by atoms with Gasteiger partial charge in [-0.05, 0) is 38.3 Å². The van der Waals surface area contributed by atoms with Crippen LogP contribution in [0, 0.1) is 5.92 Å². The van der Waals surface area contributed by atoms with E-state index in [0.717, 1.165) is 43.4 Å².